The van der Waals surface area contributed by atoms with E-state index in [0.717, 1.165) is 13.0 Å². The number of hydrogen-bond acceptors (Lipinski definition) is 2. The fourth-order valence-electron chi connectivity index (χ4n) is 2.71. The molecule has 0 saturated heterocycles. The third-order valence-corrected chi connectivity index (χ3v) is 3.80. The van der Waals surface area contributed by atoms with Crippen molar-refractivity contribution in [2.24, 2.45) is 0 Å². The molecule has 108 valence electrons. The van der Waals surface area contributed by atoms with Crippen LogP contribution in [0.2, 0.25) is 0 Å². The normalized spacial score (nSPS) is 17.1. The van der Waals surface area contributed by atoms with E-state index in [1.54, 1.807) is 12.1 Å². The highest BCUT2D eigenvalue weighted by atomic mass is 19.1. The Bertz CT molecular complexity index is 657. The van der Waals surface area contributed by atoms with Gasteiger partial charge in [-0.25, -0.2) is 4.39 Å². The Morgan fingerprint density at radius 1 is 1.19 bits per heavy atom. The van der Waals surface area contributed by atoms with Crippen LogP contribution >= 0.6 is 0 Å². The van der Waals surface area contributed by atoms with Crippen LogP contribution in [0.25, 0.3) is 0 Å². The zero-order valence-electron chi connectivity index (χ0n) is 11.6. The smallest absolute Gasteiger partial charge is 0.254 e. The van der Waals surface area contributed by atoms with Crippen LogP contribution < -0.4 is 10.6 Å². The molecule has 21 heavy (non-hydrogen) atoms. The fourth-order valence-corrected chi connectivity index (χ4v) is 2.71. The molecule has 2 aromatic rings. The summed E-state index contributed by atoms with van der Waals surface area (Å²) in [4.78, 5) is 12.0. The molecule has 1 unspecified atom stereocenters. The summed E-state index contributed by atoms with van der Waals surface area (Å²) in [6.45, 7) is 1.33. The van der Waals surface area contributed by atoms with E-state index < -0.39 is 5.82 Å². The van der Waals surface area contributed by atoms with Gasteiger partial charge in [0.2, 0.25) is 0 Å². The predicted molar refractivity (Wildman–Crippen MR) is 79.6 cm³/mol. The zero-order valence-corrected chi connectivity index (χ0v) is 11.6. The van der Waals surface area contributed by atoms with Gasteiger partial charge in [0.15, 0.2) is 0 Å². The van der Waals surface area contributed by atoms with Gasteiger partial charge in [-0.1, -0.05) is 36.4 Å². The first-order valence-electron chi connectivity index (χ1n) is 7.09. The lowest BCUT2D eigenvalue weighted by Gasteiger charge is -2.27. The van der Waals surface area contributed by atoms with Crippen molar-refractivity contribution >= 4 is 5.91 Å². The molecule has 1 aliphatic rings. The molecule has 3 rings (SSSR count). The number of nitrogens with one attached hydrogen (secondary N) is 2. The van der Waals surface area contributed by atoms with Crippen LogP contribution in [-0.4, -0.2) is 19.0 Å². The summed E-state index contributed by atoms with van der Waals surface area (Å²) in [5.74, 6) is -0.870. The van der Waals surface area contributed by atoms with E-state index in [9.17, 15) is 9.18 Å². The monoisotopic (exact) mass is 284 g/mol. The molecule has 0 aromatic heterocycles. The Morgan fingerprint density at radius 2 is 1.95 bits per heavy atom. The molecule has 1 heterocycles. The van der Waals surface area contributed by atoms with E-state index in [1.165, 1.54) is 23.3 Å². The minimum Gasteiger partial charge on any atom is -0.350 e. The summed E-state index contributed by atoms with van der Waals surface area (Å²) in [5, 5.41) is 6.20. The van der Waals surface area contributed by atoms with Crippen LogP contribution in [-0.2, 0) is 6.42 Å². The van der Waals surface area contributed by atoms with Crippen molar-refractivity contribution < 1.29 is 9.18 Å². The first-order chi connectivity index (χ1) is 10.3. The summed E-state index contributed by atoms with van der Waals surface area (Å²) < 4.78 is 13.6. The number of benzene rings is 2. The third-order valence-electron chi connectivity index (χ3n) is 3.80. The molecular formula is C17H17FN2O. The third kappa shape index (κ3) is 2.95. The highest BCUT2D eigenvalue weighted by Crippen LogP contribution is 2.22. The highest BCUT2D eigenvalue weighted by Gasteiger charge is 2.20. The number of halogens is 1. The molecule has 0 spiro atoms. The molecule has 0 saturated carbocycles. The Morgan fingerprint density at radius 3 is 2.81 bits per heavy atom. The number of carbonyl (C=O) groups is 1. The highest BCUT2D eigenvalue weighted by molar-refractivity contribution is 5.94. The number of carbonyl (C=O) groups excluding carboxylic acids is 1. The van der Waals surface area contributed by atoms with Crippen molar-refractivity contribution in [3.05, 3.63) is 71.0 Å². The average molecular weight is 284 g/mol. The first kappa shape index (κ1) is 13.8. The largest absolute Gasteiger partial charge is 0.350 e. The Balaban J connectivity index is 1.69. The average Bonchev–Trinajstić information content (AvgIpc) is 2.53. The minimum absolute atomic E-state index is 0.0747. The molecule has 0 bridgehead atoms. The summed E-state index contributed by atoms with van der Waals surface area (Å²) in [7, 11) is 0. The van der Waals surface area contributed by atoms with E-state index in [2.05, 4.69) is 22.8 Å². The Labute approximate surface area is 123 Å². The predicted octanol–water partition coefficient (Wildman–Crippen LogP) is 2.44. The van der Waals surface area contributed by atoms with Gasteiger partial charge in [-0.2, -0.15) is 0 Å². The lowest BCUT2D eigenvalue weighted by Crippen LogP contribution is -2.39. The maximum Gasteiger partial charge on any atom is 0.254 e. The van der Waals surface area contributed by atoms with Crippen LogP contribution in [0.15, 0.2) is 48.5 Å². The number of hydrogen-bond donors (Lipinski definition) is 2. The lowest BCUT2D eigenvalue weighted by atomic mass is 9.94. The lowest BCUT2D eigenvalue weighted by molar-refractivity contribution is 0.0945. The van der Waals surface area contributed by atoms with Gasteiger partial charge in [0.25, 0.3) is 5.91 Å². The van der Waals surface area contributed by atoms with E-state index in [0.29, 0.717) is 6.54 Å². The van der Waals surface area contributed by atoms with E-state index in [4.69, 9.17) is 0 Å². The second-order valence-corrected chi connectivity index (χ2v) is 5.15. The van der Waals surface area contributed by atoms with Gasteiger partial charge in [0.1, 0.15) is 5.82 Å². The molecule has 2 aromatic carbocycles. The van der Waals surface area contributed by atoms with Crippen molar-refractivity contribution in [3.63, 3.8) is 0 Å². The van der Waals surface area contributed by atoms with Crippen LogP contribution in [0, 0.1) is 5.82 Å². The SMILES string of the molecule is O=C(NCC1NCCc2ccccc21)c1ccccc1F. The van der Waals surface area contributed by atoms with Gasteiger partial charge in [0, 0.05) is 12.6 Å². The van der Waals surface area contributed by atoms with E-state index in [1.807, 2.05) is 12.1 Å². The van der Waals surface area contributed by atoms with Crippen LogP contribution in [0.3, 0.4) is 0 Å². The summed E-state index contributed by atoms with van der Waals surface area (Å²) >= 11 is 0. The molecule has 1 amide bonds. The first-order valence-corrected chi connectivity index (χ1v) is 7.09. The van der Waals surface area contributed by atoms with Crippen LogP contribution in [0.5, 0.6) is 0 Å². The molecule has 1 atom stereocenters. The van der Waals surface area contributed by atoms with Crippen molar-refractivity contribution in [2.75, 3.05) is 13.1 Å². The van der Waals surface area contributed by atoms with Gasteiger partial charge in [-0.15, -0.1) is 0 Å². The summed E-state index contributed by atoms with van der Waals surface area (Å²) in [6, 6.07) is 14.3. The van der Waals surface area contributed by atoms with Gasteiger partial charge < -0.3 is 10.6 Å². The van der Waals surface area contributed by atoms with Crippen molar-refractivity contribution in [3.8, 4) is 0 Å². The van der Waals surface area contributed by atoms with E-state index >= 15 is 0 Å². The van der Waals surface area contributed by atoms with Crippen molar-refractivity contribution in [2.45, 2.75) is 12.5 Å². The van der Waals surface area contributed by atoms with Gasteiger partial charge in [-0.3, -0.25) is 4.79 Å². The number of rotatable bonds is 3. The quantitative estimate of drug-likeness (QED) is 0.909. The van der Waals surface area contributed by atoms with Gasteiger partial charge in [-0.05, 0) is 36.2 Å². The zero-order chi connectivity index (χ0) is 14.7. The molecule has 0 fully saturated rings. The van der Waals surface area contributed by atoms with Crippen molar-refractivity contribution in [1.29, 1.82) is 0 Å². The number of fused-ring (bicyclic) bond motifs is 1. The Hall–Kier alpha value is -2.20. The second-order valence-electron chi connectivity index (χ2n) is 5.15. The second kappa shape index (κ2) is 6.06. The maximum atomic E-state index is 13.6. The Kier molecular flexibility index (Phi) is 3.97. The maximum absolute atomic E-state index is 13.6. The molecule has 1 aliphatic heterocycles. The topological polar surface area (TPSA) is 41.1 Å². The van der Waals surface area contributed by atoms with E-state index in [-0.39, 0.29) is 17.5 Å². The summed E-state index contributed by atoms with van der Waals surface area (Å²) in [5.41, 5.74) is 2.60. The van der Waals surface area contributed by atoms with Crippen molar-refractivity contribution in [1.82, 2.24) is 10.6 Å². The molecule has 0 radical (unpaired) electrons. The molecule has 2 N–H and O–H groups in total. The molecular weight excluding hydrogens is 267 g/mol. The standard InChI is InChI=1S/C17H17FN2O/c18-15-8-4-3-7-14(15)17(21)20-11-16-13-6-2-1-5-12(13)9-10-19-16/h1-8,16,19H,9-11H2,(H,20,21). The van der Waals surface area contributed by atoms with Gasteiger partial charge in [0.05, 0.1) is 5.56 Å². The van der Waals surface area contributed by atoms with Gasteiger partial charge >= 0.3 is 0 Å². The fraction of sp³-hybridized carbons (Fsp3) is 0.235. The number of amides is 1. The van der Waals surface area contributed by atoms with Crippen LogP contribution in [0.4, 0.5) is 4.39 Å². The minimum atomic E-state index is -0.494. The molecule has 0 aliphatic carbocycles. The molecule has 3 nitrogen and oxygen atoms in total. The summed E-state index contributed by atoms with van der Waals surface area (Å²) in [6.07, 6.45) is 0.994. The molecule has 4 heteroatoms. The van der Waals surface area contributed by atoms with Crippen LogP contribution in [0.1, 0.15) is 27.5 Å².